The molecule has 2 aromatic rings. The molecule has 1 N–H and O–H groups in total. The van der Waals surface area contributed by atoms with Crippen molar-refractivity contribution in [2.45, 2.75) is 58.2 Å². The van der Waals surface area contributed by atoms with Crippen LogP contribution in [0.5, 0.6) is 5.75 Å². The highest BCUT2D eigenvalue weighted by Gasteiger charge is 2.29. The standard InChI is InChI=1S/C24H29FN2O3/c1-17-11-13-21(14-12-17)30-16-23(28)27(15-19-7-3-6-10-22(19)25)18(2)24(29)26-20-8-4-5-9-20/h3,6-7,10-14,18,20H,4-5,8-9,15-16H2,1-2H3,(H,26,29)/t18-/m0/s1. The van der Waals surface area contributed by atoms with Gasteiger partial charge in [-0.25, -0.2) is 4.39 Å². The number of carbonyl (C=O) groups is 2. The lowest BCUT2D eigenvalue weighted by Gasteiger charge is -2.29. The van der Waals surface area contributed by atoms with E-state index in [4.69, 9.17) is 4.74 Å². The molecule has 0 aromatic heterocycles. The van der Waals surface area contributed by atoms with Crippen LogP contribution in [0.1, 0.15) is 43.7 Å². The molecule has 0 unspecified atom stereocenters. The number of hydrogen-bond acceptors (Lipinski definition) is 3. The number of rotatable bonds is 8. The molecule has 3 rings (SSSR count). The quantitative estimate of drug-likeness (QED) is 0.713. The third-order valence-electron chi connectivity index (χ3n) is 5.55. The molecule has 1 saturated carbocycles. The number of nitrogens with zero attached hydrogens (tertiary/aromatic N) is 1. The van der Waals surface area contributed by atoms with E-state index < -0.39 is 11.9 Å². The Balaban J connectivity index is 1.71. The average molecular weight is 413 g/mol. The lowest BCUT2D eigenvalue weighted by molar-refractivity contribution is -0.142. The zero-order chi connectivity index (χ0) is 21.5. The van der Waals surface area contributed by atoms with Crippen LogP contribution in [0.25, 0.3) is 0 Å². The second kappa shape index (κ2) is 10.2. The lowest BCUT2D eigenvalue weighted by atomic mass is 10.1. The van der Waals surface area contributed by atoms with Gasteiger partial charge in [-0.3, -0.25) is 9.59 Å². The number of halogens is 1. The van der Waals surface area contributed by atoms with Gasteiger partial charge >= 0.3 is 0 Å². The van der Waals surface area contributed by atoms with Gasteiger partial charge in [-0.15, -0.1) is 0 Å². The number of amides is 2. The Kier molecular flexibility index (Phi) is 7.44. The lowest BCUT2D eigenvalue weighted by Crippen LogP contribution is -2.50. The molecule has 0 saturated heterocycles. The number of aryl methyl sites for hydroxylation is 1. The van der Waals surface area contributed by atoms with Crippen molar-refractivity contribution in [1.29, 1.82) is 0 Å². The van der Waals surface area contributed by atoms with Crippen LogP contribution in [-0.2, 0) is 16.1 Å². The van der Waals surface area contributed by atoms with Crippen LogP contribution < -0.4 is 10.1 Å². The molecule has 160 valence electrons. The molecule has 6 heteroatoms. The topological polar surface area (TPSA) is 58.6 Å². The first-order valence-electron chi connectivity index (χ1n) is 10.5. The molecular formula is C24H29FN2O3. The van der Waals surface area contributed by atoms with Gasteiger partial charge in [0.2, 0.25) is 5.91 Å². The molecule has 0 aliphatic heterocycles. The molecule has 2 amide bonds. The fraction of sp³-hybridized carbons (Fsp3) is 0.417. The van der Waals surface area contributed by atoms with Crippen molar-refractivity contribution >= 4 is 11.8 Å². The average Bonchev–Trinajstić information content (AvgIpc) is 3.25. The Hall–Kier alpha value is -2.89. The van der Waals surface area contributed by atoms with E-state index in [-0.39, 0.29) is 31.0 Å². The maximum Gasteiger partial charge on any atom is 0.261 e. The van der Waals surface area contributed by atoms with Crippen LogP contribution in [0.15, 0.2) is 48.5 Å². The summed E-state index contributed by atoms with van der Waals surface area (Å²) in [4.78, 5) is 27.2. The summed E-state index contributed by atoms with van der Waals surface area (Å²) in [6.07, 6.45) is 4.11. The van der Waals surface area contributed by atoms with E-state index in [1.165, 1.54) is 11.0 Å². The van der Waals surface area contributed by atoms with Gasteiger partial charge in [0.15, 0.2) is 6.61 Å². The molecular weight excluding hydrogens is 383 g/mol. The summed E-state index contributed by atoms with van der Waals surface area (Å²) in [5.74, 6) is -0.421. The Morgan fingerprint density at radius 1 is 1.13 bits per heavy atom. The van der Waals surface area contributed by atoms with Crippen molar-refractivity contribution in [2.75, 3.05) is 6.61 Å². The second-order valence-corrected chi connectivity index (χ2v) is 7.88. The van der Waals surface area contributed by atoms with Crippen LogP contribution in [-0.4, -0.2) is 35.4 Å². The molecule has 5 nitrogen and oxygen atoms in total. The van der Waals surface area contributed by atoms with E-state index in [2.05, 4.69) is 5.32 Å². The van der Waals surface area contributed by atoms with Crippen molar-refractivity contribution < 1.29 is 18.7 Å². The third kappa shape index (κ3) is 5.81. The zero-order valence-corrected chi connectivity index (χ0v) is 17.6. The number of benzene rings is 2. The molecule has 0 heterocycles. The van der Waals surface area contributed by atoms with Gasteiger partial charge in [-0.1, -0.05) is 48.7 Å². The first-order valence-corrected chi connectivity index (χ1v) is 10.5. The number of carbonyl (C=O) groups excluding carboxylic acids is 2. The number of ether oxygens (including phenoxy) is 1. The van der Waals surface area contributed by atoms with E-state index >= 15 is 0 Å². The van der Waals surface area contributed by atoms with Crippen molar-refractivity contribution in [1.82, 2.24) is 10.2 Å². The normalized spacial score (nSPS) is 14.9. The fourth-order valence-corrected chi connectivity index (χ4v) is 3.65. The highest BCUT2D eigenvalue weighted by molar-refractivity contribution is 5.88. The van der Waals surface area contributed by atoms with Gasteiger partial charge in [0.05, 0.1) is 0 Å². The summed E-state index contributed by atoms with van der Waals surface area (Å²) in [6, 6.07) is 13.1. The summed E-state index contributed by atoms with van der Waals surface area (Å²) in [5, 5.41) is 3.03. The maximum absolute atomic E-state index is 14.2. The number of hydrogen-bond donors (Lipinski definition) is 1. The first-order chi connectivity index (χ1) is 14.4. The Morgan fingerprint density at radius 2 is 1.80 bits per heavy atom. The highest BCUT2D eigenvalue weighted by Crippen LogP contribution is 2.19. The van der Waals surface area contributed by atoms with Crippen molar-refractivity contribution in [3.05, 3.63) is 65.5 Å². The van der Waals surface area contributed by atoms with Crippen LogP contribution in [0, 0.1) is 12.7 Å². The van der Waals surface area contributed by atoms with Gasteiger partial charge in [-0.05, 0) is 44.9 Å². The van der Waals surface area contributed by atoms with E-state index in [1.54, 1.807) is 37.3 Å². The SMILES string of the molecule is Cc1ccc(OCC(=O)N(Cc2ccccc2F)[C@@H](C)C(=O)NC2CCCC2)cc1. The van der Waals surface area contributed by atoms with Gasteiger partial charge in [0.25, 0.3) is 5.91 Å². The minimum atomic E-state index is -0.737. The summed E-state index contributed by atoms with van der Waals surface area (Å²) in [7, 11) is 0. The number of nitrogens with one attached hydrogen (secondary N) is 1. The molecule has 2 aromatic carbocycles. The van der Waals surface area contributed by atoms with Crippen molar-refractivity contribution in [3.8, 4) is 5.75 Å². The van der Waals surface area contributed by atoms with Gasteiger partial charge in [-0.2, -0.15) is 0 Å². The fourth-order valence-electron chi connectivity index (χ4n) is 3.65. The Labute approximate surface area is 177 Å². The molecule has 1 fully saturated rings. The zero-order valence-electron chi connectivity index (χ0n) is 17.6. The molecule has 1 aliphatic carbocycles. The molecule has 1 atom stereocenters. The summed E-state index contributed by atoms with van der Waals surface area (Å²) in [5.41, 5.74) is 1.45. The molecule has 0 spiro atoms. The first kappa shape index (κ1) is 21.8. The molecule has 30 heavy (non-hydrogen) atoms. The van der Waals surface area contributed by atoms with Crippen LogP contribution in [0.3, 0.4) is 0 Å². The maximum atomic E-state index is 14.2. The van der Waals surface area contributed by atoms with Gasteiger partial charge < -0.3 is 15.0 Å². The predicted octanol–water partition coefficient (Wildman–Crippen LogP) is 3.99. The second-order valence-electron chi connectivity index (χ2n) is 7.88. The third-order valence-corrected chi connectivity index (χ3v) is 5.55. The largest absolute Gasteiger partial charge is 0.484 e. The molecule has 0 bridgehead atoms. The molecule has 0 radical (unpaired) electrons. The Bertz CT molecular complexity index is 863. The smallest absolute Gasteiger partial charge is 0.261 e. The van der Waals surface area contributed by atoms with E-state index in [0.717, 1.165) is 31.2 Å². The monoisotopic (exact) mass is 412 g/mol. The highest BCUT2D eigenvalue weighted by atomic mass is 19.1. The van der Waals surface area contributed by atoms with Gasteiger partial charge in [0.1, 0.15) is 17.6 Å². The van der Waals surface area contributed by atoms with Crippen LogP contribution in [0.2, 0.25) is 0 Å². The molecule has 1 aliphatic rings. The summed E-state index contributed by atoms with van der Waals surface area (Å²) >= 11 is 0. The van der Waals surface area contributed by atoms with Crippen molar-refractivity contribution in [2.24, 2.45) is 0 Å². The summed E-state index contributed by atoms with van der Waals surface area (Å²) in [6.45, 7) is 3.42. The van der Waals surface area contributed by atoms with Crippen LogP contribution >= 0.6 is 0 Å². The van der Waals surface area contributed by atoms with Gasteiger partial charge in [0, 0.05) is 18.2 Å². The Morgan fingerprint density at radius 3 is 2.47 bits per heavy atom. The predicted molar refractivity (Wildman–Crippen MR) is 113 cm³/mol. The van der Waals surface area contributed by atoms with Crippen LogP contribution in [0.4, 0.5) is 4.39 Å². The van der Waals surface area contributed by atoms with Crippen molar-refractivity contribution in [3.63, 3.8) is 0 Å². The minimum absolute atomic E-state index is 0.00200. The van der Waals surface area contributed by atoms with E-state index in [9.17, 15) is 14.0 Å². The minimum Gasteiger partial charge on any atom is -0.484 e. The summed E-state index contributed by atoms with van der Waals surface area (Å²) < 4.78 is 19.8. The van der Waals surface area contributed by atoms with E-state index in [1.807, 2.05) is 19.1 Å². The van der Waals surface area contributed by atoms with E-state index in [0.29, 0.717) is 11.3 Å².